The van der Waals surface area contributed by atoms with Crippen molar-refractivity contribution in [1.29, 1.82) is 0 Å². The first-order chi connectivity index (χ1) is 10.8. The van der Waals surface area contributed by atoms with E-state index >= 15 is 0 Å². The molecule has 106 valence electrons. The molecule has 0 atom stereocenters. The molecule has 0 heterocycles. The number of fused-ring (bicyclic) bond motifs is 2. The van der Waals surface area contributed by atoms with Crippen LogP contribution in [0.15, 0.2) is 72.8 Å². The summed E-state index contributed by atoms with van der Waals surface area (Å²) in [5.74, 6) is 0.327. The Labute approximate surface area is 129 Å². The van der Waals surface area contributed by atoms with Crippen LogP contribution in [0.4, 0.5) is 0 Å². The number of rotatable bonds is 1. The molecule has 0 fully saturated rings. The third kappa shape index (κ3) is 1.86. The number of phenolic OH excluding ortho intramolecular Hbond substituents is 1. The molecule has 0 bridgehead atoms. The molecule has 1 heteroatoms. The third-order valence-corrected chi connectivity index (χ3v) is 4.32. The normalized spacial score (nSPS) is 11.1. The molecule has 0 saturated carbocycles. The largest absolute Gasteiger partial charge is 0.507 e. The van der Waals surface area contributed by atoms with Crippen molar-refractivity contribution in [3.05, 3.63) is 78.4 Å². The SMILES string of the molecule is Cc1cccc2c(-c3c(O)ccc4ccccc34)cccc12. The summed E-state index contributed by atoms with van der Waals surface area (Å²) in [6, 6.07) is 24.5. The zero-order valence-electron chi connectivity index (χ0n) is 12.4. The van der Waals surface area contributed by atoms with Gasteiger partial charge >= 0.3 is 0 Å². The third-order valence-electron chi connectivity index (χ3n) is 4.32. The molecule has 0 aliphatic rings. The van der Waals surface area contributed by atoms with Gasteiger partial charge in [-0.05, 0) is 45.7 Å². The van der Waals surface area contributed by atoms with E-state index in [0.29, 0.717) is 5.75 Å². The lowest BCUT2D eigenvalue weighted by atomic mass is 9.92. The summed E-state index contributed by atoms with van der Waals surface area (Å²) < 4.78 is 0. The molecule has 0 aliphatic heterocycles. The maximum absolute atomic E-state index is 10.5. The number of phenols is 1. The lowest BCUT2D eigenvalue weighted by molar-refractivity contribution is 0.478. The fourth-order valence-corrected chi connectivity index (χ4v) is 3.23. The van der Waals surface area contributed by atoms with Crippen molar-refractivity contribution < 1.29 is 5.11 Å². The molecule has 0 unspecified atom stereocenters. The van der Waals surface area contributed by atoms with Crippen LogP contribution in [-0.4, -0.2) is 5.11 Å². The number of benzene rings is 4. The molecule has 1 nitrogen and oxygen atoms in total. The van der Waals surface area contributed by atoms with E-state index in [2.05, 4.69) is 55.5 Å². The Hall–Kier alpha value is -2.80. The van der Waals surface area contributed by atoms with Gasteiger partial charge < -0.3 is 5.11 Å². The van der Waals surface area contributed by atoms with Crippen molar-refractivity contribution in [3.8, 4) is 16.9 Å². The van der Waals surface area contributed by atoms with Crippen LogP contribution >= 0.6 is 0 Å². The zero-order valence-corrected chi connectivity index (χ0v) is 12.4. The van der Waals surface area contributed by atoms with Gasteiger partial charge in [-0.3, -0.25) is 0 Å². The average Bonchev–Trinajstić information content (AvgIpc) is 2.55. The van der Waals surface area contributed by atoms with Gasteiger partial charge in [-0.1, -0.05) is 66.7 Å². The van der Waals surface area contributed by atoms with E-state index in [1.165, 1.54) is 16.3 Å². The summed E-state index contributed by atoms with van der Waals surface area (Å²) in [5, 5.41) is 15.1. The fourth-order valence-electron chi connectivity index (χ4n) is 3.23. The fraction of sp³-hybridized carbons (Fsp3) is 0.0476. The summed E-state index contributed by atoms with van der Waals surface area (Å²) >= 11 is 0. The molecule has 0 saturated heterocycles. The van der Waals surface area contributed by atoms with Crippen molar-refractivity contribution in [2.75, 3.05) is 0 Å². The second kappa shape index (κ2) is 4.88. The highest BCUT2D eigenvalue weighted by Gasteiger charge is 2.12. The molecular formula is C21H16O. The highest BCUT2D eigenvalue weighted by molar-refractivity contribution is 6.08. The Morgan fingerprint density at radius 1 is 0.636 bits per heavy atom. The van der Waals surface area contributed by atoms with Crippen LogP contribution in [0.5, 0.6) is 5.75 Å². The topological polar surface area (TPSA) is 20.2 Å². The Morgan fingerprint density at radius 3 is 2.27 bits per heavy atom. The van der Waals surface area contributed by atoms with Crippen molar-refractivity contribution >= 4 is 21.5 Å². The van der Waals surface area contributed by atoms with E-state index in [4.69, 9.17) is 0 Å². The van der Waals surface area contributed by atoms with Crippen LogP contribution < -0.4 is 0 Å². The summed E-state index contributed by atoms with van der Waals surface area (Å²) in [7, 11) is 0. The van der Waals surface area contributed by atoms with E-state index in [1.807, 2.05) is 18.2 Å². The van der Waals surface area contributed by atoms with E-state index in [0.717, 1.165) is 21.9 Å². The molecule has 1 N–H and O–H groups in total. The summed E-state index contributed by atoms with van der Waals surface area (Å²) in [6.07, 6.45) is 0. The van der Waals surface area contributed by atoms with Gasteiger partial charge in [0.1, 0.15) is 5.75 Å². The van der Waals surface area contributed by atoms with Crippen molar-refractivity contribution in [2.24, 2.45) is 0 Å². The summed E-state index contributed by atoms with van der Waals surface area (Å²) in [5.41, 5.74) is 3.24. The van der Waals surface area contributed by atoms with Crippen LogP contribution in [-0.2, 0) is 0 Å². The standard InChI is InChI=1S/C21H16O/c1-14-6-4-10-18-16(14)9-5-11-19(18)21-17-8-3-2-7-15(17)12-13-20(21)22/h2-13,22H,1H3. The molecule has 22 heavy (non-hydrogen) atoms. The van der Waals surface area contributed by atoms with Gasteiger partial charge in [0.2, 0.25) is 0 Å². The van der Waals surface area contributed by atoms with Crippen LogP contribution in [0.2, 0.25) is 0 Å². The molecular weight excluding hydrogens is 268 g/mol. The number of hydrogen-bond donors (Lipinski definition) is 1. The van der Waals surface area contributed by atoms with Gasteiger partial charge in [0.05, 0.1) is 0 Å². The van der Waals surface area contributed by atoms with Crippen LogP contribution in [0.3, 0.4) is 0 Å². The second-order valence-electron chi connectivity index (χ2n) is 5.66. The Kier molecular flexibility index (Phi) is 2.87. The Morgan fingerprint density at radius 2 is 1.36 bits per heavy atom. The van der Waals surface area contributed by atoms with Crippen molar-refractivity contribution in [2.45, 2.75) is 6.92 Å². The van der Waals surface area contributed by atoms with Gasteiger partial charge in [-0.25, -0.2) is 0 Å². The molecule has 0 radical (unpaired) electrons. The quantitative estimate of drug-likeness (QED) is 0.477. The zero-order chi connectivity index (χ0) is 15.1. The van der Waals surface area contributed by atoms with E-state index in [-0.39, 0.29) is 0 Å². The Balaban J connectivity index is 2.17. The number of aryl methyl sites for hydroxylation is 1. The van der Waals surface area contributed by atoms with Gasteiger partial charge in [-0.15, -0.1) is 0 Å². The molecule has 0 spiro atoms. The predicted molar refractivity (Wildman–Crippen MR) is 93.3 cm³/mol. The lowest BCUT2D eigenvalue weighted by Gasteiger charge is -2.13. The minimum absolute atomic E-state index is 0.327. The average molecular weight is 284 g/mol. The summed E-state index contributed by atoms with van der Waals surface area (Å²) in [6.45, 7) is 2.12. The highest BCUT2D eigenvalue weighted by Crippen LogP contribution is 2.40. The smallest absolute Gasteiger partial charge is 0.124 e. The van der Waals surface area contributed by atoms with E-state index in [9.17, 15) is 5.11 Å². The van der Waals surface area contributed by atoms with Gasteiger partial charge in [-0.2, -0.15) is 0 Å². The molecule has 0 amide bonds. The molecule has 0 aromatic heterocycles. The van der Waals surface area contributed by atoms with Gasteiger partial charge in [0.15, 0.2) is 0 Å². The van der Waals surface area contributed by atoms with Gasteiger partial charge in [0, 0.05) is 5.56 Å². The first kappa shape index (κ1) is 12.9. The minimum Gasteiger partial charge on any atom is -0.507 e. The maximum Gasteiger partial charge on any atom is 0.124 e. The highest BCUT2D eigenvalue weighted by atomic mass is 16.3. The summed E-state index contributed by atoms with van der Waals surface area (Å²) in [4.78, 5) is 0. The van der Waals surface area contributed by atoms with E-state index in [1.54, 1.807) is 6.07 Å². The van der Waals surface area contributed by atoms with E-state index < -0.39 is 0 Å². The molecule has 4 rings (SSSR count). The first-order valence-corrected chi connectivity index (χ1v) is 7.45. The van der Waals surface area contributed by atoms with Crippen LogP contribution in [0.1, 0.15) is 5.56 Å². The second-order valence-corrected chi connectivity index (χ2v) is 5.66. The number of aromatic hydroxyl groups is 1. The molecule has 4 aromatic carbocycles. The minimum atomic E-state index is 0.327. The van der Waals surface area contributed by atoms with Crippen LogP contribution in [0.25, 0.3) is 32.7 Å². The molecule has 0 aliphatic carbocycles. The predicted octanol–water partition coefficient (Wildman–Crippen LogP) is 5.67. The number of hydrogen-bond acceptors (Lipinski definition) is 1. The molecule has 4 aromatic rings. The van der Waals surface area contributed by atoms with Crippen molar-refractivity contribution in [3.63, 3.8) is 0 Å². The van der Waals surface area contributed by atoms with Gasteiger partial charge in [0.25, 0.3) is 0 Å². The monoisotopic (exact) mass is 284 g/mol. The first-order valence-electron chi connectivity index (χ1n) is 7.45. The van der Waals surface area contributed by atoms with Crippen LogP contribution in [0, 0.1) is 6.92 Å². The lowest BCUT2D eigenvalue weighted by Crippen LogP contribution is -1.86. The maximum atomic E-state index is 10.5. The van der Waals surface area contributed by atoms with Crippen molar-refractivity contribution in [1.82, 2.24) is 0 Å². The Bertz CT molecular complexity index is 999.